The van der Waals surface area contributed by atoms with Gasteiger partial charge in [-0.15, -0.1) is 0 Å². The second-order valence-electron chi connectivity index (χ2n) is 5.57. The maximum Gasteiger partial charge on any atom is 0.260 e. The van der Waals surface area contributed by atoms with Gasteiger partial charge >= 0.3 is 0 Å². The Morgan fingerprint density at radius 3 is 2.48 bits per heavy atom. The molecule has 2 unspecified atom stereocenters. The molecule has 21 heavy (non-hydrogen) atoms. The summed E-state index contributed by atoms with van der Waals surface area (Å²) in [6.45, 7) is 6.87. The molecule has 2 N–H and O–H groups in total. The van der Waals surface area contributed by atoms with Gasteiger partial charge in [0.2, 0.25) is 0 Å². The number of benzene rings is 1. The van der Waals surface area contributed by atoms with Crippen LogP contribution in [0, 0.1) is 17.6 Å². The molecule has 0 heterocycles. The number of carbonyl (C=O) groups excluding carboxylic acids is 1. The van der Waals surface area contributed by atoms with Gasteiger partial charge in [0.25, 0.3) is 5.91 Å². The maximum atomic E-state index is 13.0. The molecular weight excluding hydrogens is 280 g/mol. The van der Waals surface area contributed by atoms with E-state index in [-0.39, 0.29) is 18.2 Å². The Kier molecular flexibility index (Phi) is 5.66. The molecule has 0 radical (unpaired) electrons. The molecule has 4 nitrogen and oxygen atoms in total. The van der Waals surface area contributed by atoms with Crippen LogP contribution in [0.3, 0.4) is 0 Å². The molecule has 0 aromatic heterocycles. The molecule has 0 saturated carbocycles. The zero-order valence-electron chi connectivity index (χ0n) is 12.6. The van der Waals surface area contributed by atoms with E-state index in [1.807, 2.05) is 13.8 Å². The van der Waals surface area contributed by atoms with Crippen LogP contribution in [0.5, 0.6) is 5.75 Å². The van der Waals surface area contributed by atoms with Crippen molar-refractivity contribution in [1.29, 1.82) is 0 Å². The van der Waals surface area contributed by atoms with E-state index in [1.165, 1.54) is 13.0 Å². The lowest BCUT2D eigenvalue weighted by atomic mass is 9.92. The predicted octanol–water partition coefficient (Wildman–Crippen LogP) is 2.26. The van der Waals surface area contributed by atoms with Crippen molar-refractivity contribution in [2.24, 2.45) is 5.92 Å². The Morgan fingerprint density at radius 1 is 1.33 bits per heavy atom. The van der Waals surface area contributed by atoms with Crippen LogP contribution in [0.1, 0.15) is 27.7 Å². The number of aliphatic hydroxyl groups is 1. The van der Waals surface area contributed by atoms with Crippen molar-refractivity contribution in [3.8, 4) is 5.75 Å². The molecular formula is C15H21F2NO3. The SMILES string of the molecule is CC(Oc1ccc(F)c(F)c1)C(=O)NCC(C)(O)C(C)C. The van der Waals surface area contributed by atoms with Crippen LogP contribution in [0.25, 0.3) is 0 Å². The first-order valence-corrected chi connectivity index (χ1v) is 6.75. The summed E-state index contributed by atoms with van der Waals surface area (Å²) in [7, 11) is 0. The van der Waals surface area contributed by atoms with Crippen LogP contribution >= 0.6 is 0 Å². The van der Waals surface area contributed by atoms with Gasteiger partial charge in [0.1, 0.15) is 5.75 Å². The van der Waals surface area contributed by atoms with E-state index in [9.17, 15) is 18.7 Å². The van der Waals surface area contributed by atoms with Crippen molar-refractivity contribution >= 4 is 5.91 Å². The lowest BCUT2D eigenvalue weighted by molar-refractivity contribution is -0.128. The number of hydrogen-bond donors (Lipinski definition) is 2. The summed E-state index contributed by atoms with van der Waals surface area (Å²) in [6.07, 6.45) is -0.891. The standard InChI is InChI=1S/C15H21F2NO3/c1-9(2)15(4,20)8-18-14(19)10(3)21-11-5-6-12(16)13(17)7-11/h5-7,9-10,20H,8H2,1-4H3,(H,18,19). The molecule has 1 amide bonds. The second kappa shape index (κ2) is 6.85. The first kappa shape index (κ1) is 17.4. The minimum Gasteiger partial charge on any atom is -0.481 e. The third-order valence-electron chi connectivity index (χ3n) is 3.44. The fourth-order valence-corrected chi connectivity index (χ4v) is 1.42. The molecule has 118 valence electrons. The average Bonchev–Trinajstić information content (AvgIpc) is 2.40. The van der Waals surface area contributed by atoms with Crippen LogP contribution in [-0.4, -0.2) is 29.3 Å². The monoisotopic (exact) mass is 301 g/mol. The lowest BCUT2D eigenvalue weighted by Crippen LogP contribution is -2.47. The van der Waals surface area contributed by atoms with Crippen LogP contribution in [0.15, 0.2) is 18.2 Å². The molecule has 1 aromatic carbocycles. The fourth-order valence-electron chi connectivity index (χ4n) is 1.42. The van der Waals surface area contributed by atoms with E-state index < -0.39 is 29.2 Å². The fraction of sp³-hybridized carbons (Fsp3) is 0.533. The molecule has 0 aliphatic carbocycles. The minimum absolute atomic E-state index is 0.0276. The zero-order chi connectivity index (χ0) is 16.2. The molecule has 0 saturated heterocycles. The summed E-state index contributed by atoms with van der Waals surface area (Å²) in [6, 6.07) is 3.05. The van der Waals surface area contributed by atoms with Gasteiger partial charge < -0.3 is 15.2 Å². The van der Waals surface area contributed by atoms with Crippen molar-refractivity contribution in [3.05, 3.63) is 29.8 Å². The minimum atomic E-state index is -1.04. The van der Waals surface area contributed by atoms with Crippen molar-refractivity contribution in [2.75, 3.05) is 6.54 Å². The summed E-state index contributed by atoms with van der Waals surface area (Å²) in [5.74, 6) is -2.43. The van der Waals surface area contributed by atoms with Gasteiger partial charge in [-0.2, -0.15) is 0 Å². The zero-order valence-corrected chi connectivity index (χ0v) is 12.6. The molecule has 1 rings (SSSR count). The Balaban J connectivity index is 2.57. The topological polar surface area (TPSA) is 58.6 Å². The average molecular weight is 301 g/mol. The van der Waals surface area contributed by atoms with E-state index in [0.717, 1.165) is 12.1 Å². The molecule has 0 aliphatic heterocycles. The highest BCUT2D eigenvalue weighted by Gasteiger charge is 2.26. The normalized spacial score (nSPS) is 15.4. The van der Waals surface area contributed by atoms with Crippen LogP contribution in [0.4, 0.5) is 8.78 Å². The van der Waals surface area contributed by atoms with Gasteiger partial charge in [0, 0.05) is 12.6 Å². The molecule has 0 fully saturated rings. The molecule has 0 spiro atoms. The summed E-state index contributed by atoms with van der Waals surface area (Å²) in [4.78, 5) is 11.9. The Hall–Kier alpha value is -1.69. The van der Waals surface area contributed by atoms with Crippen LogP contribution in [-0.2, 0) is 4.79 Å². The number of hydrogen-bond acceptors (Lipinski definition) is 3. The van der Waals surface area contributed by atoms with Crippen LogP contribution in [0.2, 0.25) is 0 Å². The first-order valence-electron chi connectivity index (χ1n) is 6.75. The van der Waals surface area contributed by atoms with Gasteiger partial charge in [0.05, 0.1) is 5.60 Å². The molecule has 0 aliphatic rings. The number of halogens is 2. The highest BCUT2D eigenvalue weighted by molar-refractivity contribution is 5.80. The van der Waals surface area contributed by atoms with Crippen molar-refractivity contribution in [2.45, 2.75) is 39.4 Å². The largest absolute Gasteiger partial charge is 0.481 e. The predicted molar refractivity (Wildman–Crippen MR) is 74.9 cm³/mol. The third-order valence-corrected chi connectivity index (χ3v) is 3.44. The van der Waals surface area contributed by atoms with Crippen molar-refractivity contribution in [3.63, 3.8) is 0 Å². The van der Waals surface area contributed by atoms with E-state index in [2.05, 4.69) is 5.32 Å². The molecule has 1 aromatic rings. The van der Waals surface area contributed by atoms with Gasteiger partial charge in [-0.1, -0.05) is 13.8 Å². The van der Waals surface area contributed by atoms with Crippen molar-refractivity contribution < 1.29 is 23.4 Å². The second-order valence-corrected chi connectivity index (χ2v) is 5.57. The van der Waals surface area contributed by atoms with E-state index in [4.69, 9.17) is 4.74 Å². The van der Waals surface area contributed by atoms with E-state index in [0.29, 0.717) is 0 Å². The number of amides is 1. The quantitative estimate of drug-likeness (QED) is 0.847. The number of ether oxygens (including phenoxy) is 1. The van der Waals surface area contributed by atoms with Gasteiger partial charge in [0.15, 0.2) is 17.7 Å². The summed E-state index contributed by atoms with van der Waals surface area (Å²) >= 11 is 0. The van der Waals surface area contributed by atoms with E-state index in [1.54, 1.807) is 6.92 Å². The van der Waals surface area contributed by atoms with Gasteiger partial charge in [-0.05, 0) is 31.9 Å². The highest BCUT2D eigenvalue weighted by Crippen LogP contribution is 2.17. The Labute approximate surface area is 123 Å². The lowest BCUT2D eigenvalue weighted by Gasteiger charge is -2.28. The first-order chi connectivity index (χ1) is 9.63. The van der Waals surface area contributed by atoms with E-state index >= 15 is 0 Å². The third kappa shape index (κ3) is 4.97. The highest BCUT2D eigenvalue weighted by atomic mass is 19.2. The summed E-state index contributed by atoms with van der Waals surface area (Å²) in [5, 5.41) is 12.6. The van der Waals surface area contributed by atoms with Crippen LogP contribution < -0.4 is 10.1 Å². The number of carbonyl (C=O) groups is 1. The number of rotatable bonds is 6. The summed E-state index contributed by atoms with van der Waals surface area (Å²) in [5.41, 5.74) is -1.03. The van der Waals surface area contributed by atoms with Gasteiger partial charge in [-0.25, -0.2) is 8.78 Å². The maximum absolute atomic E-state index is 13.0. The smallest absolute Gasteiger partial charge is 0.260 e. The molecule has 0 bridgehead atoms. The van der Waals surface area contributed by atoms with Gasteiger partial charge in [-0.3, -0.25) is 4.79 Å². The molecule has 2 atom stereocenters. The Bertz CT molecular complexity index is 504. The number of nitrogens with one attached hydrogen (secondary N) is 1. The Morgan fingerprint density at radius 2 is 1.95 bits per heavy atom. The summed E-state index contributed by atoms with van der Waals surface area (Å²) < 4.78 is 31.1. The van der Waals surface area contributed by atoms with Crippen molar-refractivity contribution in [1.82, 2.24) is 5.32 Å². The molecule has 6 heteroatoms.